The molecule has 0 aliphatic heterocycles. The largest absolute Gasteiger partial charge is 0.489 e. The molecule has 0 aliphatic carbocycles. The number of nitrogen functional groups attached to an aromatic ring is 1. The van der Waals surface area contributed by atoms with E-state index >= 15 is 0 Å². The van der Waals surface area contributed by atoms with E-state index in [1.165, 1.54) is 28.7 Å². The SMILES string of the molecule is Cc1ccc(COc2cccc(C=NNC(=O)CSc3nnc(N)s3)c2)cc1. The summed E-state index contributed by atoms with van der Waals surface area (Å²) in [5.41, 5.74) is 11.1. The Morgan fingerprint density at radius 3 is 2.86 bits per heavy atom. The molecule has 0 saturated carbocycles. The number of carbonyl (C=O) groups is 1. The van der Waals surface area contributed by atoms with Gasteiger partial charge in [-0.25, -0.2) is 5.43 Å². The van der Waals surface area contributed by atoms with E-state index in [1.807, 2.05) is 36.4 Å². The van der Waals surface area contributed by atoms with Crippen LogP contribution in [0.4, 0.5) is 5.13 Å². The predicted octanol–water partition coefficient (Wildman–Crippen LogP) is 3.25. The first kappa shape index (κ1) is 19.8. The molecule has 28 heavy (non-hydrogen) atoms. The second-order valence-corrected chi connectivity index (χ2v) is 8.07. The molecule has 0 fully saturated rings. The number of aromatic nitrogens is 2. The fraction of sp³-hybridized carbons (Fsp3) is 0.158. The summed E-state index contributed by atoms with van der Waals surface area (Å²) in [4.78, 5) is 11.8. The van der Waals surface area contributed by atoms with Crippen LogP contribution in [-0.4, -0.2) is 28.1 Å². The minimum absolute atomic E-state index is 0.186. The van der Waals surface area contributed by atoms with Gasteiger partial charge in [-0.1, -0.05) is 65.1 Å². The van der Waals surface area contributed by atoms with Gasteiger partial charge in [0, 0.05) is 0 Å². The highest BCUT2D eigenvalue weighted by Crippen LogP contribution is 2.23. The van der Waals surface area contributed by atoms with Crippen molar-refractivity contribution >= 4 is 40.4 Å². The van der Waals surface area contributed by atoms with Gasteiger partial charge >= 0.3 is 0 Å². The van der Waals surface area contributed by atoms with Gasteiger partial charge in [0.25, 0.3) is 5.91 Å². The number of benzene rings is 2. The van der Waals surface area contributed by atoms with Gasteiger partial charge in [-0.15, -0.1) is 10.2 Å². The van der Waals surface area contributed by atoms with Crippen LogP contribution in [0.15, 0.2) is 58.0 Å². The van der Waals surface area contributed by atoms with Crippen LogP contribution in [0.2, 0.25) is 0 Å². The molecular weight excluding hydrogens is 394 g/mol. The average Bonchev–Trinajstić information content (AvgIpc) is 3.12. The zero-order chi connectivity index (χ0) is 19.8. The summed E-state index contributed by atoms with van der Waals surface area (Å²) in [6.45, 7) is 2.54. The van der Waals surface area contributed by atoms with Crippen molar-refractivity contribution in [2.45, 2.75) is 17.9 Å². The number of nitrogens with zero attached hydrogens (tertiary/aromatic N) is 3. The highest BCUT2D eigenvalue weighted by atomic mass is 32.2. The molecule has 7 nitrogen and oxygen atoms in total. The van der Waals surface area contributed by atoms with E-state index in [4.69, 9.17) is 10.5 Å². The van der Waals surface area contributed by atoms with Gasteiger partial charge in [0.05, 0.1) is 12.0 Å². The van der Waals surface area contributed by atoms with Gasteiger partial charge in [0.1, 0.15) is 12.4 Å². The standard InChI is InChI=1S/C19H19N5O2S2/c1-13-5-7-14(8-6-13)11-26-16-4-2-3-15(9-16)10-21-22-17(25)12-27-19-24-23-18(20)28-19/h2-10H,11-12H2,1H3,(H2,20,23)(H,22,25). The van der Waals surface area contributed by atoms with Crippen molar-refractivity contribution in [1.29, 1.82) is 0 Å². The molecule has 0 bridgehead atoms. The van der Waals surface area contributed by atoms with E-state index in [1.54, 1.807) is 6.21 Å². The number of nitrogens with two attached hydrogens (primary N) is 1. The number of amides is 1. The number of thioether (sulfide) groups is 1. The average molecular weight is 414 g/mol. The minimum atomic E-state index is -0.234. The lowest BCUT2D eigenvalue weighted by Crippen LogP contribution is -2.19. The van der Waals surface area contributed by atoms with Crippen LogP contribution in [0.5, 0.6) is 5.75 Å². The Bertz CT molecular complexity index is 957. The fourth-order valence-electron chi connectivity index (χ4n) is 2.15. The van der Waals surface area contributed by atoms with Gasteiger partial charge < -0.3 is 10.5 Å². The van der Waals surface area contributed by atoms with Crippen molar-refractivity contribution in [3.05, 3.63) is 65.2 Å². The normalized spacial score (nSPS) is 10.9. The summed E-state index contributed by atoms with van der Waals surface area (Å²) >= 11 is 2.50. The number of aryl methyl sites for hydroxylation is 1. The summed E-state index contributed by atoms with van der Waals surface area (Å²) in [5.74, 6) is 0.688. The first-order chi connectivity index (χ1) is 13.6. The van der Waals surface area contributed by atoms with Crippen LogP contribution in [-0.2, 0) is 11.4 Å². The molecule has 9 heteroatoms. The van der Waals surface area contributed by atoms with Crippen LogP contribution in [0.3, 0.4) is 0 Å². The van der Waals surface area contributed by atoms with Crippen LogP contribution in [0.25, 0.3) is 0 Å². The molecule has 1 amide bonds. The molecule has 144 valence electrons. The number of hydrazone groups is 1. The van der Waals surface area contributed by atoms with Crippen LogP contribution < -0.4 is 15.9 Å². The minimum Gasteiger partial charge on any atom is -0.489 e. The molecule has 1 aromatic heterocycles. The number of ether oxygens (including phenoxy) is 1. The molecule has 3 aromatic rings. The number of hydrogen-bond acceptors (Lipinski definition) is 8. The zero-order valence-electron chi connectivity index (χ0n) is 15.2. The highest BCUT2D eigenvalue weighted by Gasteiger charge is 2.06. The van der Waals surface area contributed by atoms with E-state index in [-0.39, 0.29) is 11.7 Å². The van der Waals surface area contributed by atoms with Crippen molar-refractivity contribution in [2.75, 3.05) is 11.5 Å². The van der Waals surface area contributed by atoms with Crippen molar-refractivity contribution in [3.63, 3.8) is 0 Å². The van der Waals surface area contributed by atoms with Crippen LogP contribution >= 0.6 is 23.1 Å². The Kier molecular flexibility index (Phi) is 6.99. The van der Waals surface area contributed by atoms with Gasteiger partial charge in [-0.2, -0.15) is 5.10 Å². The molecular formula is C19H19N5O2S2. The van der Waals surface area contributed by atoms with Crippen molar-refractivity contribution < 1.29 is 9.53 Å². The Morgan fingerprint density at radius 1 is 1.29 bits per heavy atom. The van der Waals surface area contributed by atoms with Crippen LogP contribution in [0, 0.1) is 6.92 Å². The lowest BCUT2D eigenvalue weighted by Gasteiger charge is -2.07. The smallest absolute Gasteiger partial charge is 0.250 e. The van der Waals surface area contributed by atoms with Gasteiger partial charge in [0.15, 0.2) is 4.34 Å². The number of carbonyl (C=O) groups excluding carboxylic acids is 1. The molecule has 0 unspecified atom stereocenters. The Labute approximate surface area is 171 Å². The number of hydrogen-bond donors (Lipinski definition) is 2. The van der Waals surface area contributed by atoms with Gasteiger partial charge in [-0.05, 0) is 30.2 Å². The highest BCUT2D eigenvalue weighted by molar-refractivity contribution is 8.01. The molecule has 2 aromatic carbocycles. The van der Waals surface area contributed by atoms with Crippen molar-refractivity contribution in [3.8, 4) is 5.75 Å². The lowest BCUT2D eigenvalue weighted by atomic mass is 10.2. The number of rotatable bonds is 8. The number of nitrogens with one attached hydrogen (secondary N) is 1. The maximum Gasteiger partial charge on any atom is 0.250 e. The van der Waals surface area contributed by atoms with E-state index in [0.717, 1.165) is 16.9 Å². The quantitative estimate of drug-likeness (QED) is 0.334. The van der Waals surface area contributed by atoms with E-state index < -0.39 is 0 Å². The molecule has 1 heterocycles. The van der Waals surface area contributed by atoms with Gasteiger partial charge in [0.2, 0.25) is 5.13 Å². The third-order valence-electron chi connectivity index (χ3n) is 3.54. The number of anilines is 1. The molecule has 0 radical (unpaired) electrons. The van der Waals surface area contributed by atoms with Gasteiger partial charge in [-0.3, -0.25) is 4.79 Å². The molecule has 0 atom stereocenters. The monoisotopic (exact) mass is 413 g/mol. The predicted molar refractivity (Wildman–Crippen MR) is 113 cm³/mol. The summed E-state index contributed by atoms with van der Waals surface area (Å²) in [5, 5.41) is 11.9. The summed E-state index contributed by atoms with van der Waals surface area (Å²) in [6.07, 6.45) is 1.57. The Morgan fingerprint density at radius 2 is 2.11 bits per heavy atom. The Hall–Kier alpha value is -2.91. The lowest BCUT2D eigenvalue weighted by molar-refractivity contribution is -0.118. The first-order valence-corrected chi connectivity index (χ1v) is 10.2. The van der Waals surface area contributed by atoms with E-state index in [9.17, 15) is 4.79 Å². The molecule has 0 spiro atoms. The van der Waals surface area contributed by atoms with Crippen molar-refractivity contribution in [2.24, 2.45) is 5.10 Å². The third-order valence-corrected chi connectivity index (χ3v) is 5.42. The maximum atomic E-state index is 11.8. The second kappa shape index (κ2) is 9.86. The van der Waals surface area contributed by atoms with Crippen LogP contribution in [0.1, 0.15) is 16.7 Å². The molecule has 0 saturated heterocycles. The fourth-order valence-corrected chi connectivity index (χ4v) is 3.58. The summed E-state index contributed by atoms with van der Waals surface area (Å²) in [6, 6.07) is 15.7. The summed E-state index contributed by atoms with van der Waals surface area (Å²) < 4.78 is 6.46. The molecule has 3 rings (SSSR count). The summed E-state index contributed by atoms with van der Waals surface area (Å²) in [7, 11) is 0. The van der Waals surface area contributed by atoms with E-state index in [0.29, 0.717) is 16.1 Å². The zero-order valence-corrected chi connectivity index (χ0v) is 16.8. The van der Waals surface area contributed by atoms with Crippen molar-refractivity contribution in [1.82, 2.24) is 15.6 Å². The Balaban J connectivity index is 1.46. The van der Waals surface area contributed by atoms with E-state index in [2.05, 4.69) is 39.8 Å². The second-order valence-electron chi connectivity index (χ2n) is 5.83. The third kappa shape index (κ3) is 6.36. The molecule has 0 aliphatic rings. The maximum absolute atomic E-state index is 11.8. The molecule has 3 N–H and O–H groups in total. The first-order valence-electron chi connectivity index (χ1n) is 8.40. The topological polar surface area (TPSA) is 102 Å².